The summed E-state index contributed by atoms with van der Waals surface area (Å²) >= 11 is 0. The van der Waals surface area contributed by atoms with E-state index < -0.39 is 23.7 Å². The second-order valence-electron chi connectivity index (χ2n) is 4.85. The Morgan fingerprint density at radius 3 is 2.12 bits per heavy atom. The molecule has 0 radical (unpaired) electrons. The van der Waals surface area contributed by atoms with Gasteiger partial charge in [0.05, 0.1) is 0 Å². The van der Waals surface area contributed by atoms with Crippen molar-refractivity contribution in [2.45, 2.75) is 46.3 Å². The highest BCUT2D eigenvalue weighted by molar-refractivity contribution is 5.83. The normalized spacial score (nSPS) is 12.8. The fraction of sp³-hybridized carbons (Fsp3) is 0.667. The smallest absolute Gasteiger partial charge is 0.411 e. The largest absolute Gasteiger partial charge is 0.479 e. The van der Waals surface area contributed by atoms with Gasteiger partial charge in [-0.3, -0.25) is 4.90 Å². The number of carboxylic acid groups (broad SMARTS) is 1. The van der Waals surface area contributed by atoms with E-state index in [1.807, 2.05) is 0 Å². The van der Waals surface area contributed by atoms with E-state index in [-0.39, 0.29) is 6.54 Å². The van der Waals surface area contributed by atoms with Crippen molar-refractivity contribution in [1.29, 1.82) is 0 Å². The maximum atomic E-state index is 11.8. The van der Waals surface area contributed by atoms with Crippen molar-refractivity contribution < 1.29 is 19.4 Å². The zero-order valence-corrected chi connectivity index (χ0v) is 11.1. The molecule has 0 spiro atoms. The Bertz CT molecular complexity index is 303. The Kier molecular flexibility index (Phi) is 5.19. The van der Waals surface area contributed by atoms with Crippen LogP contribution >= 0.6 is 0 Å². The number of nitrogens with zero attached hydrogens (tertiary/aromatic N) is 1. The van der Waals surface area contributed by atoms with Crippen LogP contribution in [0.2, 0.25) is 0 Å². The third-order valence-electron chi connectivity index (χ3n) is 1.98. The summed E-state index contributed by atoms with van der Waals surface area (Å²) < 4.78 is 5.15. The maximum Gasteiger partial charge on any atom is 0.411 e. The fourth-order valence-electron chi connectivity index (χ4n) is 1.35. The third kappa shape index (κ3) is 4.89. The number of carbonyl (C=O) groups excluding carboxylic acids is 1. The van der Waals surface area contributed by atoms with Crippen LogP contribution in [0.5, 0.6) is 0 Å². The van der Waals surface area contributed by atoms with Gasteiger partial charge in [0.15, 0.2) is 6.04 Å². The van der Waals surface area contributed by atoms with Gasteiger partial charge in [-0.05, 0) is 40.2 Å². The first-order valence-corrected chi connectivity index (χ1v) is 5.48. The molecule has 1 atom stereocenters. The van der Waals surface area contributed by atoms with Gasteiger partial charge in [-0.2, -0.15) is 0 Å². The molecule has 98 valence electrons. The van der Waals surface area contributed by atoms with Crippen LogP contribution in [0.15, 0.2) is 12.2 Å². The quantitative estimate of drug-likeness (QED) is 0.769. The van der Waals surface area contributed by atoms with Crippen LogP contribution in [-0.2, 0) is 9.53 Å². The Morgan fingerprint density at radius 2 is 1.88 bits per heavy atom. The van der Waals surface area contributed by atoms with E-state index in [2.05, 4.69) is 6.58 Å². The lowest BCUT2D eigenvalue weighted by Crippen LogP contribution is -2.47. The average molecular weight is 243 g/mol. The summed E-state index contributed by atoms with van der Waals surface area (Å²) in [6, 6.07) is -1.05. The first-order valence-electron chi connectivity index (χ1n) is 5.48. The standard InChI is InChI=1S/C12H21NO4/c1-7-13(9(8(2)3)10(14)15)11(16)17-12(4,5)6/h9H,2,7H2,1,3-6H3,(H,14,15). The zero-order chi connectivity index (χ0) is 13.8. The van der Waals surface area contributed by atoms with Crippen LogP contribution < -0.4 is 0 Å². The molecular weight excluding hydrogens is 222 g/mol. The number of hydrogen-bond donors (Lipinski definition) is 1. The molecule has 0 fully saturated rings. The van der Waals surface area contributed by atoms with Crippen LogP contribution in [-0.4, -0.2) is 40.3 Å². The van der Waals surface area contributed by atoms with E-state index in [1.165, 1.54) is 0 Å². The van der Waals surface area contributed by atoms with Gasteiger partial charge >= 0.3 is 12.1 Å². The van der Waals surface area contributed by atoms with Crippen LogP contribution in [0.1, 0.15) is 34.6 Å². The summed E-state index contributed by atoms with van der Waals surface area (Å²) in [6.45, 7) is 12.3. The molecule has 0 bridgehead atoms. The number of ether oxygens (including phenoxy) is 1. The van der Waals surface area contributed by atoms with Gasteiger partial charge in [0.25, 0.3) is 0 Å². The van der Waals surface area contributed by atoms with E-state index in [4.69, 9.17) is 9.84 Å². The Morgan fingerprint density at radius 1 is 1.41 bits per heavy atom. The summed E-state index contributed by atoms with van der Waals surface area (Å²) in [6.07, 6.45) is -0.643. The lowest BCUT2D eigenvalue weighted by Gasteiger charge is -2.30. The van der Waals surface area contributed by atoms with Crippen LogP contribution in [0, 0.1) is 0 Å². The molecule has 1 amide bonds. The molecule has 0 aliphatic rings. The number of rotatable bonds is 4. The predicted molar refractivity (Wildman–Crippen MR) is 64.9 cm³/mol. The molecule has 0 aliphatic heterocycles. The molecule has 5 nitrogen and oxygen atoms in total. The van der Waals surface area contributed by atoms with Crippen molar-refractivity contribution in [1.82, 2.24) is 4.90 Å². The van der Waals surface area contributed by atoms with Crippen LogP contribution in [0.4, 0.5) is 4.79 Å². The number of carboxylic acids is 1. The Balaban J connectivity index is 4.98. The van der Waals surface area contributed by atoms with Crippen molar-refractivity contribution in [2.24, 2.45) is 0 Å². The number of aliphatic carboxylic acids is 1. The van der Waals surface area contributed by atoms with Crippen molar-refractivity contribution in [2.75, 3.05) is 6.54 Å². The van der Waals surface area contributed by atoms with E-state index in [9.17, 15) is 9.59 Å². The minimum atomic E-state index is -1.11. The topological polar surface area (TPSA) is 66.8 Å². The van der Waals surface area contributed by atoms with Gasteiger partial charge in [0.1, 0.15) is 5.60 Å². The lowest BCUT2D eigenvalue weighted by atomic mass is 10.1. The first-order chi connectivity index (χ1) is 7.60. The number of carbonyl (C=O) groups is 2. The van der Waals surface area contributed by atoms with Crippen molar-refractivity contribution in [3.8, 4) is 0 Å². The third-order valence-corrected chi connectivity index (χ3v) is 1.98. The van der Waals surface area contributed by atoms with Gasteiger partial charge < -0.3 is 9.84 Å². The summed E-state index contributed by atoms with van der Waals surface area (Å²) in [7, 11) is 0. The van der Waals surface area contributed by atoms with Gasteiger partial charge in [0.2, 0.25) is 0 Å². The average Bonchev–Trinajstić information content (AvgIpc) is 2.08. The molecule has 1 N–H and O–H groups in total. The molecule has 0 saturated carbocycles. The molecule has 0 aliphatic carbocycles. The van der Waals surface area contributed by atoms with Gasteiger partial charge in [-0.15, -0.1) is 0 Å². The predicted octanol–water partition coefficient (Wildman–Crippen LogP) is 2.27. The SMILES string of the molecule is C=C(C)C(C(=O)O)N(CC)C(=O)OC(C)(C)C. The molecule has 0 aromatic heterocycles. The number of hydrogen-bond acceptors (Lipinski definition) is 3. The molecule has 0 aromatic carbocycles. The van der Waals surface area contributed by atoms with Crippen molar-refractivity contribution in [3.05, 3.63) is 12.2 Å². The Labute approximate surface area is 102 Å². The molecule has 0 saturated heterocycles. The van der Waals surface area contributed by atoms with Gasteiger partial charge in [0, 0.05) is 6.54 Å². The highest BCUT2D eigenvalue weighted by atomic mass is 16.6. The summed E-state index contributed by atoms with van der Waals surface area (Å²) in [5, 5.41) is 9.08. The molecule has 0 aromatic rings. The highest BCUT2D eigenvalue weighted by Gasteiger charge is 2.32. The van der Waals surface area contributed by atoms with Crippen molar-refractivity contribution in [3.63, 3.8) is 0 Å². The fourth-order valence-corrected chi connectivity index (χ4v) is 1.35. The monoisotopic (exact) mass is 243 g/mol. The highest BCUT2D eigenvalue weighted by Crippen LogP contribution is 2.15. The lowest BCUT2D eigenvalue weighted by molar-refractivity contribution is -0.141. The van der Waals surface area contributed by atoms with Gasteiger partial charge in [-0.1, -0.05) is 6.58 Å². The number of likely N-dealkylation sites (N-methyl/N-ethyl adjacent to an activating group) is 1. The zero-order valence-electron chi connectivity index (χ0n) is 11.1. The minimum Gasteiger partial charge on any atom is -0.479 e. The first kappa shape index (κ1) is 15.5. The van der Waals surface area contributed by atoms with E-state index >= 15 is 0 Å². The van der Waals surface area contributed by atoms with E-state index in [1.54, 1.807) is 34.6 Å². The van der Waals surface area contributed by atoms with E-state index in [0.29, 0.717) is 5.57 Å². The second-order valence-corrected chi connectivity index (χ2v) is 4.85. The molecular formula is C12H21NO4. The molecule has 1 unspecified atom stereocenters. The summed E-state index contributed by atoms with van der Waals surface area (Å²) in [5.41, 5.74) is -0.256. The van der Waals surface area contributed by atoms with Crippen LogP contribution in [0.3, 0.4) is 0 Å². The van der Waals surface area contributed by atoms with Gasteiger partial charge in [-0.25, -0.2) is 9.59 Å². The van der Waals surface area contributed by atoms with Crippen molar-refractivity contribution >= 4 is 12.1 Å². The summed E-state index contributed by atoms with van der Waals surface area (Å²) in [4.78, 5) is 24.1. The molecule has 0 rings (SSSR count). The second kappa shape index (κ2) is 5.70. The summed E-state index contributed by atoms with van der Waals surface area (Å²) in [5.74, 6) is -1.11. The molecule has 17 heavy (non-hydrogen) atoms. The van der Waals surface area contributed by atoms with E-state index in [0.717, 1.165) is 4.90 Å². The Hall–Kier alpha value is -1.52. The molecule has 0 heterocycles. The molecule has 5 heteroatoms. The number of amides is 1. The minimum absolute atomic E-state index is 0.249. The maximum absolute atomic E-state index is 11.8. The van der Waals surface area contributed by atoms with Crippen LogP contribution in [0.25, 0.3) is 0 Å².